The van der Waals surface area contributed by atoms with Gasteiger partial charge in [-0.25, -0.2) is 9.18 Å². The van der Waals surface area contributed by atoms with Gasteiger partial charge < -0.3 is 15.5 Å². The minimum absolute atomic E-state index is 0.209. The summed E-state index contributed by atoms with van der Waals surface area (Å²) >= 11 is 0. The Kier molecular flexibility index (Phi) is 4.99. The monoisotopic (exact) mass is 327 g/mol. The fourth-order valence-corrected chi connectivity index (χ4v) is 3.11. The van der Waals surface area contributed by atoms with E-state index in [4.69, 9.17) is 0 Å². The number of fused-ring (bicyclic) bond motifs is 1. The molecule has 4 nitrogen and oxygen atoms in total. The van der Waals surface area contributed by atoms with Crippen LogP contribution in [0, 0.1) is 5.82 Å². The van der Waals surface area contributed by atoms with Crippen molar-refractivity contribution >= 4 is 11.7 Å². The Morgan fingerprint density at radius 1 is 1.17 bits per heavy atom. The van der Waals surface area contributed by atoms with Gasteiger partial charge in [0.05, 0.1) is 0 Å². The SMILES string of the molecule is C[C@H]1Cc2ccccc2N1CCNC(=O)NCc1ccc(F)cc1. The lowest BCUT2D eigenvalue weighted by molar-refractivity contribution is 0.240. The summed E-state index contributed by atoms with van der Waals surface area (Å²) < 4.78 is 12.8. The van der Waals surface area contributed by atoms with Gasteiger partial charge in [-0.15, -0.1) is 0 Å². The minimum atomic E-state index is -0.275. The summed E-state index contributed by atoms with van der Waals surface area (Å²) in [5.41, 5.74) is 3.50. The number of benzene rings is 2. The van der Waals surface area contributed by atoms with Gasteiger partial charge >= 0.3 is 6.03 Å². The van der Waals surface area contributed by atoms with Gasteiger partial charge in [-0.05, 0) is 42.7 Å². The molecule has 0 spiro atoms. The molecule has 0 saturated carbocycles. The lowest BCUT2D eigenvalue weighted by Gasteiger charge is -2.25. The number of rotatable bonds is 5. The lowest BCUT2D eigenvalue weighted by Crippen LogP contribution is -2.41. The predicted molar refractivity (Wildman–Crippen MR) is 93.6 cm³/mol. The Morgan fingerprint density at radius 2 is 1.92 bits per heavy atom. The van der Waals surface area contributed by atoms with Gasteiger partial charge in [-0.2, -0.15) is 0 Å². The summed E-state index contributed by atoms with van der Waals surface area (Å²) in [5, 5.41) is 5.66. The zero-order valence-electron chi connectivity index (χ0n) is 13.8. The summed E-state index contributed by atoms with van der Waals surface area (Å²) in [6, 6.07) is 14.8. The molecule has 1 atom stereocenters. The quantitative estimate of drug-likeness (QED) is 0.886. The molecule has 0 aromatic heterocycles. The summed E-state index contributed by atoms with van der Waals surface area (Å²) in [6.45, 7) is 3.94. The van der Waals surface area contributed by atoms with Crippen LogP contribution in [0.15, 0.2) is 48.5 Å². The second-order valence-electron chi connectivity index (χ2n) is 6.11. The van der Waals surface area contributed by atoms with Gasteiger partial charge in [0.1, 0.15) is 5.82 Å². The molecule has 24 heavy (non-hydrogen) atoms. The van der Waals surface area contributed by atoms with Crippen LogP contribution in [0.5, 0.6) is 0 Å². The van der Waals surface area contributed by atoms with E-state index < -0.39 is 0 Å². The van der Waals surface area contributed by atoms with Crippen molar-refractivity contribution in [3.05, 3.63) is 65.5 Å². The molecule has 2 aromatic carbocycles. The van der Waals surface area contributed by atoms with Crippen molar-refractivity contribution in [2.75, 3.05) is 18.0 Å². The number of para-hydroxylation sites is 1. The standard InChI is InChI=1S/C19H22FN3O/c1-14-12-16-4-2-3-5-18(16)23(14)11-10-21-19(24)22-13-15-6-8-17(20)9-7-15/h2-9,14H,10-13H2,1H3,(H2,21,22,24)/t14-/m0/s1. The van der Waals surface area contributed by atoms with Gasteiger partial charge in [0.2, 0.25) is 0 Å². The van der Waals surface area contributed by atoms with Crippen molar-refractivity contribution in [2.24, 2.45) is 0 Å². The highest BCUT2D eigenvalue weighted by atomic mass is 19.1. The molecule has 1 aliphatic heterocycles. The van der Waals surface area contributed by atoms with Crippen molar-refractivity contribution in [3.8, 4) is 0 Å². The summed E-state index contributed by atoms with van der Waals surface area (Å²) in [7, 11) is 0. The van der Waals surface area contributed by atoms with Gasteiger partial charge in [0.25, 0.3) is 0 Å². The maximum atomic E-state index is 12.8. The molecule has 0 saturated heterocycles. The van der Waals surface area contributed by atoms with E-state index in [2.05, 4.69) is 40.7 Å². The van der Waals surface area contributed by atoms with Gasteiger partial charge in [0, 0.05) is 31.4 Å². The molecule has 0 fully saturated rings. The molecule has 2 aromatic rings. The molecular weight excluding hydrogens is 305 g/mol. The van der Waals surface area contributed by atoms with Crippen molar-refractivity contribution in [1.29, 1.82) is 0 Å². The number of carbonyl (C=O) groups is 1. The van der Waals surface area contributed by atoms with E-state index in [1.54, 1.807) is 12.1 Å². The smallest absolute Gasteiger partial charge is 0.315 e. The van der Waals surface area contributed by atoms with Crippen LogP contribution in [-0.2, 0) is 13.0 Å². The number of carbonyl (C=O) groups excluding carboxylic acids is 1. The highest BCUT2D eigenvalue weighted by Crippen LogP contribution is 2.31. The summed E-state index contributed by atoms with van der Waals surface area (Å²) in [6.07, 6.45) is 1.05. The van der Waals surface area contributed by atoms with Crippen LogP contribution >= 0.6 is 0 Å². The minimum Gasteiger partial charge on any atom is -0.367 e. The molecule has 126 valence electrons. The van der Waals surface area contributed by atoms with Crippen molar-refractivity contribution in [3.63, 3.8) is 0 Å². The largest absolute Gasteiger partial charge is 0.367 e. The lowest BCUT2D eigenvalue weighted by atomic mass is 10.1. The van der Waals surface area contributed by atoms with Crippen molar-refractivity contribution in [1.82, 2.24) is 10.6 Å². The molecule has 0 aliphatic carbocycles. The van der Waals surface area contributed by atoms with Crippen molar-refractivity contribution in [2.45, 2.75) is 25.9 Å². The van der Waals surface area contributed by atoms with E-state index in [1.807, 2.05) is 6.07 Å². The van der Waals surface area contributed by atoms with Gasteiger partial charge in [-0.1, -0.05) is 30.3 Å². The maximum absolute atomic E-state index is 12.8. The first-order chi connectivity index (χ1) is 11.6. The topological polar surface area (TPSA) is 44.4 Å². The molecule has 5 heteroatoms. The van der Waals surface area contributed by atoms with Crippen LogP contribution in [0.25, 0.3) is 0 Å². The Morgan fingerprint density at radius 3 is 2.71 bits per heavy atom. The Labute approximate surface area is 141 Å². The number of hydrogen-bond acceptors (Lipinski definition) is 2. The predicted octanol–water partition coefficient (Wildman–Crippen LogP) is 3.08. The Hall–Kier alpha value is -2.56. The maximum Gasteiger partial charge on any atom is 0.315 e. The molecule has 2 N–H and O–H groups in total. The van der Waals surface area contributed by atoms with E-state index >= 15 is 0 Å². The second-order valence-corrected chi connectivity index (χ2v) is 6.11. The summed E-state index contributed by atoms with van der Waals surface area (Å²) in [5.74, 6) is -0.275. The van der Waals surface area contributed by atoms with Crippen LogP contribution in [0.1, 0.15) is 18.1 Å². The molecule has 0 bridgehead atoms. The van der Waals surface area contributed by atoms with Gasteiger partial charge in [0.15, 0.2) is 0 Å². The molecule has 0 unspecified atom stereocenters. The first kappa shape index (κ1) is 16.3. The Bertz CT molecular complexity index is 702. The molecule has 2 amide bonds. The Balaban J connectivity index is 1.43. The molecule has 1 heterocycles. The molecule has 3 rings (SSSR count). The van der Waals surface area contributed by atoms with Crippen LogP contribution in [0.3, 0.4) is 0 Å². The van der Waals surface area contributed by atoms with Crippen LogP contribution in [0.4, 0.5) is 14.9 Å². The number of hydrogen-bond donors (Lipinski definition) is 2. The van der Waals surface area contributed by atoms with E-state index in [0.29, 0.717) is 19.1 Å². The average Bonchev–Trinajstić information content (AvgIpc) is 2.90. The third-order valence-electron chi connectivity index (χ3n) is 4.35. The van der Waals surface area contributed by atoms with Crippen LogP contribution in [0.2, 0.25) is 0 Å². The first-order valence-electron chi connectivity index (χ1n) is 8.24. The number of anilines is 1. The van der Waals surface area contributed by atoms with E-state index in [1.165, 1.54) is 23.4 Å². The number of urea groups is 1. The third-order valence-corrected chi connectivity index (χ3v) is 4.35. The van der Waals surface area contributed by atoms with Crippen LogP contribution in [-0.4, -0.2) is 25.2 Å². The molecule has 0 radical (unpaired) electrons. The fourth-order valence-electron chi connectivity index (χ4n) is 3.11. The number of nitrogens with zero attached hydrogens (tertiary/aromatic N) is 1. The average molecular weight is 327 g/mol. The van der Waals surface area contributed by atoms with E-state index in [9.17, 15) is 9.18 Å². The highest BCUT2D eigenvalue weighted by molar-refractivity contribution is 5.73. The number of nitrogens with one attached hydrogen (secondary N) is 2. The zero-order valence-corrected chi connectivity index (χ0v) is 13.8. The van der Waals surface area contributed by atoms with E-state index in [-0.39, 0.29) is 11.8 Å². The zero-order chi connectivity index (χ0) is 16.9. The normalized spacial score (nSPS) is 15.9. The number of halogens is 1. The second kappa shape index (κ2) is 7.34. The van der Waals surface area contributed by atoms with E-state index in [0.717, 1.165) is 18.5 Å². The first-order valence-corrected chi connectivity index (χ1v) is 8.24. The molecule has 1 aliphatic rings. The summed E-state index contributed by atoms with van der Waals surface area (Å²) in [4.78, 5) is 14.2. The highest BCUT2D eigenvalue weighted by Gasteiger charge is 2.24. The third kappa shape index (κ3) is 3.85. The van der Waals surface area contributed by atoms with Gasteiger partial charge in [-0.3, -0.25) is 0 Å². The molecular formula is C19H22FN3O. The fraction of sp³-hybridized carbons (Fsp3) is 0.316. The van der Waals surface area contributed by atoms with Crippen LogP contribution < -0.4 is 15.5 Å². The number of amides is 2. The van der Waals surface area contributed by atoms with Crippen molar-refractivity contribution < 1.29 is 9.18 Å².